The predicted octanol–water partition coefficient (Wildman–Crippen LogP) is 6.65. The first-order chi connectivity index (χ1) is 19.3. The predicted molar refractivity (Wildman–Crippen MR) is 159 cm³/mol. The largest absolute Gasteiger partial charge is 0.479 e. The number of benzene rings is 1. The minimum atomic E-state index is -1.19. The normalized spacial score (nSPS) is 16.3. The van der Waals surface area contributed by atoms with Crippen LogP contribution in [0.3, 0.4) is 0 Å². The van der Waals surface area contributed by atoms with E-state index in [4.69, 9.17) is 14.8 Å². The van der Waals surface area contributed by atoms with Gasteiger partial charge in [-0.1, -0.05) is 26.0 Å². The van der Waals surface area contributed by atoms with Crippen molar-refractivity contribution in [1.29, 1.82) is 0 Å². The van der Waals surface area contributed by atoms with E-state index in [0.717, 1.165) is 60.0 Å². The summed E-state index contributed by atoms with van der Waals surface area (Å²) in [6.45, 7) is 13.5. The molecule has 10 heteroatoms. The van der Waals surface area contributed by atoms with Gasteiger partial charge in [0.15, 0.2) is 11.8 Å². The highest BCUT2D eigenvalue weighted by Gasteiger charge is 2.36. The lowest BCUT2D eigenvalue weighted by Crippen LogP contribution is -2.40. The molecule has 1 unspecified atom stereocenters. The number of hydrogen-bond donors (Lipinski definition) is 1. The second-order valence-electron chi connectivity index (χ2n) is 12.6. The number of halogens is 1. The number of anilines is 1. The molecule has 1 aliphatic rings. The number of hydrogen-bond acceptors (Lipinski definition) is 7. The van der Waals surface area contributed by atoms with Crippen molar-refractivity contribution < 1.29 is 19.0 Å². The number of thiazole rings is 1. The molecule has 0 spiro atoms. The van der Waals surface area contributed by atoms with E-state index in [9.17, 15) is 14.3 Å². The zero-order valence-electron chi connectivity index (χ0n) is 24.6. The van der Waals surface area contributed by atoms with Crippen LogP contribution in [0.1, 0.15) is 75.3 Å². The van der Waals surface area contributed by atoms with Crippen LogP contribution in [0, 0.1) is 18.2 Å². The number of carbonyl (C=O) groups is 1. The van der Waals surface area contributed by atoms with Crippen LogP contribution in [0.25, 0.3) is 16.3 Å². The first-order valence-electron chi connectivity index (χ1n) is 14.0. The molecule has 3 aromatic heterocycles. The number of rotatable bonds is 8. The maximum absolute atomic E-state index is 13.3. The van der Waals surface area contributed by atoms with Gasteiger partial charge in [0, 0.05) is 35.9 Å². The minimum absolute atomic E-state index is 0.215. The SMILES string of the molecule is Cc1nc2cc(-c3ncc(CCc4ccc(F)cc4)s3)nn2c(N2CCC(C)(C)CC2)c1C(OC(C)(C)C)C(=O)O. The van der Waals surface area contributed by atoms with Gasteiger partial charge < -0.3 is 14.7 Å². The lowest BCUT2D eigenvalue weighted by atomic mass is 9.82. The van der Waals surface area contributed by atoms with Gasteiger partial charge in [-0.2, -0.15) is 9.61 Å². The van der Waals surface area contributed by atoms with Crippen molar-refractivity contribution in [3.05, 3.63) is 64.0 Å². The molecule has 0 saturated carbocycles. The van der Waals surface area contributed by atoms with Crippen molar-refractivity contribution in [3.8, 4) is 10.7 Å². The van der Waals surface area contributed by atoms with E-state index in [1.807, 2.05) is 52.1 Å². The lowest BCUT2D eigenvalue weighted by molar-refractivity contribution is -0.160. The van der Waals surface area contributed by atoms with Crippen molar-refractivity contribution in [2.75, 3.05) is 18.0 Å². The Morgan fingerprint density at radius 2 is 1.85 bits per heavy atom. The quantitative estimate of drug-likeness (QED) is 0.250. The van der Waals surface area contributed by atoms with Crippen LogP contribution in [-0.2, 0) is 22.4 Å². The Kier molecular flexibility index (Phi) is 7.91. The number of carboxylic acid groups (broad SMARTS) is 1. The number of carboxylic acids is 1. The van der Waals surface area contributed by atoms with E-state index in [1.54, 1.807) is 15.9 Å². The lowest BCUT2D eigenvalue weighted by Gasteiger charge is -2.39. The molecule has 0 radical (unpaired) electrons. The number of piperidine rings is 1. The van der Waals surface area contributed by atoms with Gasteiger partial charge in [-0.05, 0) is 76.5 Å². The van der Waals surface area contributed by atoms with Crippen molar-refractivity contribution in [2.45, 2.75) is 78.9 Å². The highest BCUT2D eigenvalue weighted by Crippen LogP contribution is 2.39. The summed E-state index contributed by atoms with van der Waals surface area (Å²) in [5, 5.41) is 16.0. The second-order valence-corrected chi connectivity index (χ2v) is 13.7. The Balaban J connectivity index is 1.54. The molecule has 0 amide bonds. The summed E-state index contributed by atoms with van der Waals surface area (Å²) in [5.41, 5.74) is 3.09. The van der Waals surface area contributed by atoms with E-state index in [2.05, 4.69) is 23.7 Å². The molecule has 1 aliphatic heterocycles. The van der Waals surface area contributed by atoms with Gasteiger partial charge in [-0.15, -0.1) is 11.3 Å². The molecular weight excluding hydrogens is 541 g/mol. The fraction of sp³-hybridized carbons (Fsp3) is 0.484. The van der Waals surface area contributed by atoms with Crippen LogP contribution in [0.2, 0.25) is 0 Å². The fourth-order valence-electron chi connectivity index (χ4n) is 5.20. The molecule has 1 aromatic carbocycles. The number of aryl methyl sites for hydroxylation is 3. The maximum atomic E-state index is 13.3. The Labute approximate surface area is 244 Å². The number of fused-ring (bicyclic) bond motifs is 1. The molecule has 8 nitrogen and oxygen atoms in total. The average molecular weight is 580 g/mol. The monoisotopic (exact) mass is 579 g/mol. The van der Waals surface area contributed by atoms with Crippen LogP contribution >= 0.6 is 11.3 Å². The second kappa shape index (κ2) is 11.1. The fourth-order valence-corrected chi connectivity index (χ4v) is 6.07. The molecule has 1 atom stereocenters. The summed E-state index contributed by atoms with van der Waals surface area (Å²) in [6.07, 6.45) is 4.20. The van der Waals surface area contributed by atoms with Crippen LogP contribution in [0.15, 0.2) is 36.5 Å². The van der Waals surface area contributed by atoms with E-state index in [-0.39, 0.29) is 11.2 Å². The Hall–Kier alpha value is -3.37. The molecule has 1 N–H and O–H groups in total. The maximum Gasteiger partial charge on any atom is 0.337 e. The zero-order valence-corrected chi connectivity index (χ0v) is 25.4. The number of aliphatic carboxylic acids is 1. The molecule has 1 saturated heterocycles. The Morgan fingerprint density at radius 3 is 2.49 bits per heavy atom. The summed E-state index contributed by atoms with van der Waals surface area (Å²) >= 11 is 1.57. The molecule has 5 rings (SSSR count). The molecule has 1 fully saturated rings. The van der Waals surface area contributed by atoms with Crippen molar-refractivity contribution in [1.82, 2.24) is 19.6 Å². The number of aromatic nitrogens is 4. The molecule has 218 valence electrons. The third-order valence-electron chi connectivity index (χ3n) is 7.52. The van der Waals surface area contributed by atoms with Gasteiger partial charge in [-0.3, -0.25) is 0 Å². The highest BCUT2D eigenvalue weighted by molar-refractivity contribution is 7.15. The van der Waals surface area contributed by atoms with Gasteiger partial charge in [0.2, 0.25) is 0 Å². The summed E-state index contributed by atoms with van der Waals surface area (Å²) in [5.74, 6) is -0.570. The van der Waals surface area contributed by atoms with Gasteiger partial charge in [0.25, 0.3) is 0 Å². The van der Waals surface area contributed by atoms with E-state index in [1.165, 1.54) is 12.1 Å². The van der Waals surface area contributed by atoms with E-state index < -0.39 is 17.7 Å². The smallest absolute Gasteiger partial charge is 0.337 e. The molecular formula is C31H38FN5O3S. The van der Waals surface area contributed by atoms with Crippen LogP contribution in [0.5, 0.6) is 0 Å². The standard InChI is InChI=1S/C31H38FN5O3S/c1-19-25(26(29(38)39)40-30(2,3)4)28(36-15-13-31(5,6)14-16-36)37-24(34-19)17-23(35-37)27-33-18-22(41-27)12-9-20-7-10-21(32)11-8-20/h7-8,10-11,17-18,26H,9,12-16H2,1-6H3,(H,38,39). The van der Waals surface area contributed by atoms with Crippen molar-refractivity contribution >= 4 is 28.8 Å². The average Bonchev–Trinajstić information content (AvgIpc) is 3.53. The highest BCUT2D eigenvalue weighted by atomic mass is 32.1. The summed E-state index contributed by atoms with van der Waals surface area (Å²) in [4.78, 5) is 25.4. The molecule has 4 heterocycles. The molecule has 41 heavy (non-hydrogen) atoms. The number of nitrogens with zero attached hydrogens (tertiary/aromatic N) is 5. The Morgan fingerprint density at radius 1 is 1.17 bits per heavy atom. The molecule has 4 aromatic rings. The first-order valence-corrected chi connectivity index (χ1v) is 14.9. The van der Waals surface area contributed by atoms with Crippen LogP contribution in [0.4, 0.5) is 10.2 Å². The van der Waals surface area contributed by atoms with Gasteiger partial charge >= 0.3 is 5.97 Å². The third-order valence-corrected chi connectivity index (χ3v) is 8.60. The van der Waals surface area contributed by atoms with Crippen molar-refractivity contribution in [3.63, 3.8) is 0 Å². The van der Waals surface area contributed by atoms with Gasteiger partial charge in [0.05, 0.1) is 11.2 Å². The topological polar surface area (TPSA) is 92.9 Å². The zero-order chi connectivity index (χ0) is 29.5. The molecule has 0 aliphatic carbocycles. The van der Waals surface area contributed by atoms with Crippen LogP contribution in [-0.4, -0.2) is 49.3 Å². The van der Waals surface area contributed by atoms with E-state index >= 15 is 0 Å². The van der Waals surface area contributed by atoms with Crippen molar-refractivity contribution in [2.24, 2.45) is 5.41 Å². The molecule has 0 bridgehead atoms. The van der Waals surface area contributed by atoms with Gasteiger partial charge in [0.1, 0.15) is 22.3 Å². The first kappa shape index (κ1) is 29.1. The summed E-state index contributed by atoms with van der Waals surface area (Å²) in [6, 6.07) is 8.49. The number of ether oxygens (including phenoxy) is 1. The minimum Gasteiger partial charge on any atom is -0.479 e. The Bertz CT molecular complexity index is 1540. The van der Waals surface area contributed by atoms with Crippen LogP contribution < -0.4 is 4.90 Å². The van der Waals surface area contributed by atoms with Gasteiger partial charge in [-0.25, -0.2) is 19.2 Å². The third kappa shape index (κ3) is 6.59. The van der Waals surface area contributed by atoms with E-state index in [0.29, 0.717) is 22.6 Å². The summed E-state index contributed by atoms with van der Waals surface area (Å²) in [7, 11) is 0. The summed E-state index contributed by atoms with van der Waals surface area (Å²) < 4.78 is 21.1.